The molecule has 2 aromatic rings. The number of nitrogens with zero attached hydrogens (tertiary/aromatic N) is 2. The molecule has 1 fully saturated rings. The van der Waals surface area contributed by atoms with E-state index in [1.807, 2.05) is 20.8 Å². The Kier molecular flexibility index (Phi) is 6.95. The monoisotopic (exact) mass is 412 g/mol. The van der Waals surface area contributed by atoms with Crippen molar-refractivity contribution in [3.63, 3.8) is 0 Å². The summed E-state index contributed by atoms with van der Waals surface area (Å²) in [6, 6.07) is 9.49. The van der Waals surface area contributed by atoms with E-state index >= 15 is 0 Å². The first-order chi connectivity index (χ1) is 14.5. The topological polar surface area (TPSA) is 83.2 Å². The van der Waals surface area contributed by atoms with E-state index in [2.05, 4.69) is 4.90 Å². The first-order valence-electron chi connectivity index (χ1n) is 10.3. The van der Waals surface area contributed by atoms with Crippen LogP contribution >= 0.6 is 0 Å². The molecule has 2 heterocycles. The maximum Gasteiger partial charge on any atom is 0.295 e. The van der Waals surface area contributed by atoms with Crippen molar-refractivity contribution in [3.8, 4) is 5.75 Å². The van der Waals surface area contributed by atoms with Gasteiger partial charge in [-0.05, 0) is 44.3 Å². The average Bonchev–Trinajstić information content (AvgIpc) is 3.37. The molecule has 0 aliphatic carbocycles. The van der Waals surface area contributed by atoms with Gasteiger partial charge in [0.1, 0.15) is 23.3 Å². The number of likely N-dealkylation sites (tertiary alicyclic amines) is 1. The lowest BCUT2D eigenvalue weighted by molar-refractivity contribution is -0.140. The highest BCUT2D eigenvalue weighted by molar-refractivity contribution is 6.46. The summed E-state index contributed by atoms with van der Waals surface area (Å²) in [5.41, 5.74) is 0.447. The zero-order valence-electron chi connectivity index (χ0n) is 17.6. The fourth-order valence-electron chi connectivity index (χ4n) is 3.70. The Hall–Kier alpha value is -3.06. The van der Waals surface area contributed by atoms with Crippen molar-refractivity contribution in [3.05, 3.63) is 59.6 Å². The van der Waals surface area contributed by atoms with Crippen molar-refractivity contribution >= 4 is 17.4 Å². The Morgan fingerprint density at radius 3 is 2.57 bits per heavy atom. The normalized spacial score (nSPS) is 18.4. The number of rotatable bonds is 9. The van der Waals surface area contributed by atoms with Gasteiger partial charge >= 0.3 is 0 Å². The number of carbonyl (C=O) groups is 2. The maximum absolute atomic E-state index is 12.9. The third kappa shape index (κ3) is 4.26. The van der Waals surface area contributed by atoms with Gasteiger partial charge in [0, 0.05) is 18.7 Å². The highest BCUT2D eigenvalue weighted by Crippen LogP contribution is 2.39. The Labute approximate surface area is 176 Å². The summed E-state index contributed by atoms with van der Waals surface area (Å²) in [7, 11) is 0. The molecular formula is C23H28N2O5. The van der Waals surface area contributed by atoms with E-state index in [9.17, 15) is 14.7 Å². The largest absolute Gasteiger partial charge is 0.507 e. The van der Waals surface area contributed by atoms with Gasteiger partial charge in [0.2, 0.25) is 0 Å². The maximum atomic E-state index is 12.9. The number of aliphatic hydroxyl groups excluding tert-OH is 1. The molecule has 0 radical (unpaired) electrons. The van der Waals surface area contributed by atoms with Crippen LogP contribution in [0.1, 0.15) is 38.1 Å². The fraction of sp³-hybridized carbons (Fsp3) is 0.391. The lowest BCUT2D eigenvalue weighted by Crippen LogP contribution is -2.37. The number of hydrogen-bond donors (Lipinski definition) is 1. The molecule has 7 heteroatoms. The van der Waals surface area contributed by atoms with E-state index in [0.29, 0.717) is 36.8 Å². The number of aliphatic hydroxyl groups is 1. The number of carbonyl (C=O) groups excluding carboxylic acids is 2. The lowest BCUT2D eigenvalue weighted by Gasteiger charge is -2.26. The van der Waals surface area contributed by atoms with E-state index in [1.165, 1.54) is 11.2 Å². The first-order valence-corrected chi connectivity index (χ1v) is 10.3. The molecule has 1 aromatic carbocycles. The summed E-state index contributed by atoms with van der Waals surface area (Å²) in [5.74, 6) is -0.564. The van der Waals surface area contributed by atoms with E-state index in [4.69, 9.17) is 9.15 Å². The van der Waals surface area contributed by atoms with Gasteiger partial charge in [0.05, 0.1) is 18.4 Å². The Morgan fingerprint density at radius 1 is 1.17 bits per heavy atom. The third-order valence-corrected chi connectivity index (χ3v) is 5.32. The van der Waals surface area contributed by atoms with Gasteiger partial charge in [-0.25, -0.2) is 0 Å². The molecule has 30 heavy (non-hydrogen) atoms. The summed E-state index contributed by atoms with van der Waals surface area (Å²) in [5, 5.41) is 11.0. The van der Waals surface area contributed by atoms with Crippen LogP contribution in [0.2, 0.25) is 0 Å². The van der Waals surface area contributed by atoms with Crippen LogP contribution in [0.3, 0.4) is 0 Å². The quantitative estimate of drug-likeness (QED) is 0.386. The molecule has 0 saturated carbocycles. The van der Waals surface area contributed by atoms with Crippen molar-refractivity contribution in [2.24, 2.45) is 0 Å². The SMILES string of the molecule is CCOc1cccc(/C(O)=C2/C(=O)C(=O)N(CCN(CC)CC)C2c2ccco2)c1. The molecule has 1 aromatic heterocycles. The molecule has 1 aliphatic rings. The van der Waals surface area contributed by atoms with Crippen molar-refractivity contribution in [1.82, 2.24) is 9.80 Å². The molecule has 1 atom stereocenters. The molecule has 1 aliphatic heterocycles. The second-order valence-corrected chi connectivity index (χ2v) is 7.00. The summed E-state index contributed by atoms with van der Waals surface area (Å²) < 4.78 is 11.0. The smallest absolute Gasteiger partial charge is 0.295 e. The highest BCUT2D eigenvalue weighted by atomic mass is 16.5. The van der Waals surface area contributed by atoms with Gasteiger partial charge in [-0.3, -0.25) is 9.59 Å². The van der Waals surface area contributed by atoms with Crippen molar-refractivity contribution in [1.29, 1.82) is 0 Å². The fourth-order valence-corrected chi connectivity index (χ4v) is 3.70. The number of likely N-dealkylation sites (N-methyl/N-ethyl adjacent to an activating group) is 1. The number of Topliss-reactive ketones (excluding diaryl/α,β-unsaturated/α-hetero) is 1. The van der Waals surface area contributed by atoms with Crippen LogP contribution in [-0.4, -0.2) is 59.4 Å². The van der Waals surface area contributed by atoms with Crippen LogP contribution in [0.4, 0.5) is 0 Å². The average molecular weight is 412 g/mol. The molecule has 1 amide bonds. The standard InChI is InChI=1S/C23H28N2O5/c1-4-24(5-2)12-13-25-20(18-11-8-14-30-18)19(22(27)23(25)28)21(26)16-9-7-10-17(15-16)29-6-3/h7-11,14-15,20,26H,4-6,12-13H2,1-3H3/b21-19-. The van der Waals surface area contributed by atoms with Crippen LogP contribution in [0, 0.1) is 0 Å². The molecular weight excluding hydrogens is 384 g/mol. The second kappa shape index (κ2) is 9.63. The number of ketones is 1. The van der Waals surface area contributed by atoms with Gasteiger partial charge in [-0.1, -0.05) is 26.0 Å². The summed E-state index contributed by atoms with van der Waals surface area (Å²) in [6.45, 7) is 9.10. The van der Waals surface area contributed by atoms with E-state index in [1.54, 1.807) is 36.4 Å². The molecule has 1 unspecified atom stereocenters. The summed E-state index contributed by atoms with van der Waals surface area (Å²) >= 11 is 0. The lowest BCUT2D eigenvalue weighted by atomic mass is 9.99. The third-order valence-electron chi connectivity index (χ3n) is 5.32. The molecule has 1 saturated heterocycles. The molecule has 1 N–H and O–H groups in total. The Morgan fingerprint density at radius 2 is 1.93 bits per heavy atom. The molecule has 160 valence electrons. The van der Waals surface area contributed by atoms with E-state index < -0.39 is 17.7 Å². The predicted octanol–water partition coefficient (Wildman–Crippen LogP) is 3.44. The van der Waals surface area contributed by atoms with Gasteiger partial charge in [0.25, 0.3) is 11.7 Å². The molecule has 7 nitrogen and oxygen atoms in total. The molecule has 0 spiro atoms. The number of hydrogen-bond acceptors (Lipinski definition) is 6. The second-order valence-electron chi connectivity index (χ2n) is 7.00. The minimum Gasteiger partial charge on any atom is -0.507 e. The van der Waals surface area contributed by atoms with Crippen LogP contribution in [0.15, 0.2) is 52.7 Å². The van der Waals surface area contributed by atoms with Gasteiger partial charge < -0.3 is 24.1 Å². The van der Waals surface area contributed by atoms with Crippen LogP contribution in [0.5, 0.6) is 5.75 Å². The first kappa shape index (κ1) is 21.6. The Bertz CT molecular complexity index is 915. The van der Waals surface area contributed by atoms with E-state index in [-0.39, 0.29) is 11.3 Å². The predicted molar refractivity (Wildman–Crippen MR) is 113 cm³/mol. The van der Waals surface area contributed by atoms with Gasteiger partial charge in [-0.2, -0.15) is 0 Å². The summed E-state index contributed by atoms with van der Waals surface area (Å²) in [6.07, 6.45) is 1.50. The minimum absolute atomic E-state index is 0.0307. The molecule has 3 rings (SSSR count). The van der Waals surface area contributed by atoms with Crippen molar-refractivity contribution in [2.75, 3.05) is 32.8 Å². The summed E-state index contributed by atoms with van der Waals surface area (Å²) in [4.78, 5) is 29.5. The zero-order chi connectivity index (χ0) is 21.7. The highest BCUT2D eigenvalue weighted by Gasteiger charge is 2.47. The van der Waals surface area contributed by atoms with Gasteiger partial charge in [-0.15, -0.1) is 0 Å². The van der Waals surface area contributed by atoms with E-state index in [0.717, 1.165) is 13.1 Å². The zero-order valence-corrected chi connectivity index (χ0v) is 17.6. The van der Waals surface area contributed by atoms with Crippen LogP contribution < -0.4 is 4.74 Å². The number of amides is 1. The number of benzene rings is 1. The van der Waals surface area contributed by atoms with Crippen LogP contribution in [-0.2, 0) is 9.59 Å². The number of ether oxygens (including phenoxy) is 1. The van der Waals surface area contributed by atoms with Crippen molar-refractivity contribution < 1.29 is 23.8 Å². The van der Waals surface area contributed by atoms with Gasteiger partial charge in [0.15, 0.2) is 0 Å². The Balaban J connectivity index is 2.03. The van der Waals surface area contributed by atoms with Crippen LogP contribution in [0.25, 0.3) is 5.76 Å². The van der Waals surface area contributed by atoms with Crippen molar-refractivity contribution in [2.45, 2.75) is 26.8 Å². The minimum atomic E-state index is -0.772. The number of furan rings is 1. The molecule has 0 bridgehead atoms.